The summed E-state index contributed by atoms with van der Waals surface area (Å²) in [6.07, 6.45) is -1.50. The molecule has 1 atom stereocenters. The van der Waals surface area contributed by atoms with Gasteiger partial charge in [-0.3, -0.25) is 10.1 Å². The van der Waals surface area contributed by atoms with Crippen LogP contribution in [0.15, 0.2) is 18.2 Å². The highest BCUT2D eigenvalue weighted by molar-refractivity contribution is 5.73. The molecule has 0 heterocycles. The third-order valence-electron chi connectivity index (χ3n) is 2.33. The number of methoxy groups -OCH3 is 3. The Morgan fingerprint density at radius 2 is 2.05 bits per heavy atom. The van der Waals surface area contributed by atoms with Crippen molar-refractivity contribution in [3.05, 3.63) is 28.3 Å². The largest absolute Gasteiger partial charge is 0.497 e. The molecule has 1 rings (SSSR count). The summed E-state index contributed by atoms with van der Waals surface area (Å²) in [4.78, 5) is 21.8. The molecule has 0 aliphatic carbocycles. The number of nitro benzene ring substituents is 1. The van der Waals surface area contributed by atoms with E-state index in [1.165, 1.54) is 32.4 Å². The molecular weight excluding hydrogens is 287 g/mol. The van der Waals surface area contributed by atoms with Crippen molar-refractivity contribution in [3.8, 4) is 11.5 Å². The Morgan fingerprint density at radius 1 is 1.33 bits per heavy atom. The monoisotopic (exact) mass is 302 g/mol. The molecule has 0 saturated heterocycles. The first-order valence-electron chi connectivity index (χ1n) is 5.71. The number of ether oxygens (including phenoxy) is 5. The van der Waals surface area contributed by atoms with E-state index in [-0.39, 0.29) is 18.2 Å². The van der Waals surface area contributed by atoms with Gasteiger partial charge in [0.15, 0.2) is 6.79 Å². The van der Waals surface area contributed by atoms with Crippen molar-refractivity contribution in [2.24, 2.45) is 0 Å². The van der Waals surface area contributed by atoms with Gasteiger partial charge in [-0.1, -0.05) is 0 Å². The summed E-state index contributed by atoms with van der Waals surface area (Å²) >= 11 is 0. The summed E-state index contributed by atoms with van der Waals surface area (Å²) in [7, 11) is 3.88. The van der Waals surface area contributed by atoms with E-state index in [4.69, 9.17) is 14.2 Å². The van der Waals surface area contributed by atoms with Crippen LogP contribution in [-0.2, 0) is 19.0 Å². The number of esters is 1. The highest BCUT2D eigenvalue weighted by Crippen LogP contribution is 2.32. The molecular formula is C12H15NO8. The summed E-state index contributed by atoms with van der Waals surface area (Å²) in [6.45, 7) is -0.252. The predicted molar refractivity (Wildman–Crippen MR) is 69.0 cm³/mol. The van der Waals surface area contributed by atoms with Crippen LogP contribution >= 0.6 is 0 Å². The molecule has 0 aliphatic rings. The van der Waals surface area contributed by atoms with Gasteiger partial charge in [-0.2, -0.15) is 0 Å². The first kappa shape index (κ1) is 16.7. The Bertz CT molecular complexity index is 504. The van der Waals surface area contributed by atoms with Gasteiger partial charge < -0.3 is 23.7 Å². The third-order valence-corrected chi connectivity index (χ3v) is 2.33. The number of rotatable bonds is 8. The number of benzene rings is 1. The van der Waals surface area contributed by atoms with Crippen LogP contribution in [0, 0.1) is 10.1 Å². The van der Waals surface area contributed by atoms with E-state index in [1.807, 2.05) is 0 Å². The molecule has 0 spiro atoms. The lowest BCUT2D eigenvalue weighted by molar-refractivity contribution is -0.386. The second-order valence-corrected chi connectivity index (χ2v) is 3.64. The SMILES string of the molecule is COCO[13CH](Oc1cc(OC)ccc1[N+](=O)[O-])C(=O)OC. The van der Waals surface area contributed by atoms with Gasteiger partial charge in [-0.15, -0.1) is 0 Å². The van der Waals surface area contributed by atoms with Gasteiger partial charge in [-0.05, 0) is 6.07 Å². The minimum Gasteiger partial charge on any atom is -0.497 e. The maximum Gasteiger partial charge on any atom is 0.376 e. The second kappa shape index (κ2) is 8.02. The fraction of sp³-hybridized carbons (Fsp3) is 0.417. The second-order valence-electron chi connectivity index (χ2n) is 3.64. The van der Waals surface area contributed by atoms with Gasteiger partial charge >= 0.3 is 17.9 Å². The van der Waals surface area contributed by atoms with Crippen LogP contribution in [0.25, 0.3) is 0 Å². The van der Waals surface area contributed by atoms with Gasteiger partial charge in [0.05, 0.1) is 19.1 Å². The fourth-order valence-electron chi connectivity index (χ4n) is 1.36. The Kier molecular flexibility index (Phi) is 6.37. The lowest BCUT2D eigenvalue weighted by atomic mass is 10.3. The van der Waals surface area contributed by atoms with E-state index in [9.17, 15) is 14.9 Å². The zero-order valence-electron chi connectivity index (χ0n) is 11.7. The van der Waals surface area contributed by atoms with E-state index in [2.05, 4.69) is 9.47 Å². The Balaban J connectivity index is 3.05. The quantitative estimate of drug-likeness (QED) is 0.231. The molecule has 1 aromatic carbocycles. The van der Waals surface area contributed by atoms with Crippen LogP contribution in [0.1, 0.15) is 0 Å². The number of carbonyl (C=O) groups is 1. The summed E-state index contributed by atoms with van der Waals surface area (Å²) in [6, 6.07) is 3.86. The van der Waals surface area contributed by atoms with E-state index in [0.717, 1.165) is 7.11 Å². The Hall–Kier alpha value is -2.39. The molecule has 0 N–H and O–H groups in total. The number of hydrogen-bond acceptors (Lipinski definition) is 8. The van der Waals surface area contributed by atoms with E-state index in [0.29, 0.717) is 5.75 Å². The summed E-state index contributed by atoms with van der Waals surface area (Å²) in [5.41, 5.74) is -0.342. The van der Waals surface area contributed by atoms with Crippen LogP contribution in [0.2, 0.25) is 0 Å². The molecule has 0 aromatic heterocycles. The van der Waals surface area contributed by atoms with Crippen LogP contribution < -0.4 is 9.47 Å². The number of nitro groups is 1. The average molecular weight is 302 g/mol. The molecule has 9 heteroatoms. The molecule has 0 saturated carbocycles. The van der Waals surface area contributed by atoms with E-state index < -0.39 is 17.2 Å². The molecule has 0 fully saturated rings. The molecule has 21 heavy (non-hydrogen) atoms. The van der Waals surface area contributed by atoms with Gasteiger partial charge in [0.2, 0.25) is 5.75 Å². The highest BCUT2D eigenvalue weighted by Gasteiger charge is 2.26. The normalized spacial score (nSPS) is 11.6. The standard InChI is InChI=1S/C12H15NO8/c1-17-7-20-12(11(14)19-3)21-10-6-8(18-2)4-5-9(10)13(15)16/h4-6,12H,7H2,1-3H3/i12+1. The van der Waals surface area contributed by atoms with Crippen molar-refractivity contribution < 1.29 is 33.4 Å². The number of hydrogen-bond donors (Lipinski definition) is 0. The molecule has 0 radical (unpaired) electrons. The van der Waals surface area contributed by atoms with Crippen molar-refractivity contribution >= 4 is 11.7 Å². The minimum absolute atomic E-state index is 0.189. The maximum atomic E-state index is 11.5. The zero-order chi connectivity index (χ0) is 15.8. The van der Waals surface area contributed by atoms with Gasteiger partial charge in [0.1, 0.15) is 5.75 Å². The van der Waals surface area contributed by atoms with Gasteiger partial charge in [0, 0.05) is 19.2 Å². The van der Waals surface area contributed by atoms with Crippen molar-refractivity contribution in [2.75, 3.05) is 28.1 Å². The van der Waals surface area contributed by atoms with Crippen molar-refractivity contribution in [1.29, 1.82) is 0 Å². The molecule has 9 nitrogen and oxygen atoms in total. The third kappa shape index (κ3) is 4.58. The highest BCUT2D eigenvalue weighted by atomic mass is 16.8. The fourth-order valence-corrected chi connectivity index (χ4v) is 1.36. The molecule has 0 aliphatic heterocycles. The van der Waals surface area contributed by atoms with Crippen molar-refractivity contribution in [2.45, 2.75) is 6.29 Å². The Labute approximate surface area is 120 Å². The lowest BCUT2D eigenvalue weighted by Crippen LogP contribution is -2.32. The minimum atomic E-state index is -1.50. The van der Waals surface area contributed by atoms with Crippen LogP contribution in [0.4, 0.5) is 5.69 Å². The van der Waals surface area contributed by atoms with Crippen molar-refractivity contribution in [3.63, 3.8) is 0 Å². The first-order valence-corrected chi connectivity index (χ1v) is 5.71. The lowest BCUT2D eigenvalue weighted by Gasteiger charge is -2.17. The molecule has 1 unspecified atom stereocenters. The van der Waals surface area contributed by atoms with E-state index >= 15 is 0 Å². The zero-order valence-corrected chi connectivity index (χ0v) is 11.7. The first-order chi connectivity index (χ1) is 10.0. The van der Waals surface area contributed by atoms with Crippen LogP contribution in [0.3, 0.4) is 0 Å². The van der Waals surface area contributed by atoms with Gasteiger partial charge in [-0.25, -0.2) is 4.79 Å². The van der Waals surface area contributed by atoms with Crippen molar-refractivity contribution in [1.82, 2.24) is 0 Å². The van der Waals surface area contributed by atoms with Gasteiger partial charge in [0.25, 0.3) is 0 Å². The van der Waals surface area contributed by atoms with Crippen LogP contribution in [0.5, 0.6) is 11.5 Å². The number of nitrogens with zero attached hydrogens (tertiary/aromatic N) is 1. The predicted octanol–water partition coefficient (Wildman–Crippen LogP) is 1.10. The molecule has 0 bridgehead atoms. The summed E-state index contributed by atoms with van der Waals surface area (Å²) < 4.78 is 24.3. The smallest absolute Gasteiger partial charge is 0.376 e. The maximum absolute atomic E-state index is 11.5. The Morgan fingerprint density at radius 3 is 2.57 bits per heavy atom. The van der Waals surface area contributed by atoms with Crippen LogP contribution in [-0.4, -0.2) is 45.3 Å². The molecule has 116 valence electrons. The summed E-state index contributed by atoms with van der Waals surface area (Å²) in [5, 5.41) is 11.0. The summed E-state index contributed by atoms with van der Waals surface area (Å²) in [5.74, 6) is -0.721. The molecule has 1 aromatic rings. The number of carbonyl (C=O) groups excluding carboxylic acids is 1. The van der Waals surface area contributed by atoms with E-state index in [1.54, 1.807) is 0 Å². The molecule has 0 amide bonds. The topological polar surface area (TPSA) is 106 Å². The average Bonchev–Trinajstić information content (AvgIpc) is 2.49.